The molecule has 0 bridgehead atoms. The largest absolute Gasteiger partial charge is 0.470 e. The maximum Gasteiger partial charge on any atom is 0.231 e. The summed E-state index contributed by atoms with van der Waals surface area (Å²) >= 11 is 3.42. The minimum absolute atomic E-state index is 0.0671. The molecule has 0 unspecified atom stereocenters. The summed E-state index contributed by atoms with van der Waals surface area (Å²) in [6.07, 6.45) is 4.40. The molecule has 0 saturated heterocycles. The van der Waals surface area contributed by atoms with Crippen molar-refractivity contribution >= 4 is 33.8 Å². The van der Waals surface area contributed by atoms with Crippen LogP contribution in [0.2, 0.25) is 0 Å². The lowest BCUT2D eigenvalue weighted by molar-refractivity contribution is -0.104. The average Bonchev–Trinajstić information content (AvgIpc) is 2.61. The first kappa shape index (κ1) is 22.7. The number of aryl methyl sites for hydroxylation is 1. The van der Waals surface area contributed by atoms with Crippen molar-refractivity contribution in [3.8, 4) is 0 Å². The third kappa shape index (κ3) is 7.40. The van der Waals surface area contributed by atoms with Gasteiger partial charge in [0.25, 0.3) is 0 Å². The summed E-state index contributed by atoms with van der Waals surface area (Å²) in [4.78, 5) is 15.1. The van der Waals surface area contributed by atoms with Crippen molar-refractivity contribution in [1.82, 2.24) is 15.0 Å². The Morgan fingerprint density at radius 2 is 2.11 bits per heavy atom. The lowest BCUT2D eigenvalue weighted by atomic mass is 10.2. The molecule has 27 heavy (non-hydrogen) atoms. The van der Waals surface area contributed by atoms with Gasteiger partial charge in [0.1, 0.15) is 12.9 Å². The van der Waals surface area contributed by atoms with Gasteiger partial charge in [0.15, 0.2) is 0 Å². The van der Waals surface area contributed by atoms with E-state index in [1.807, 2.05) is 27.0 Å². The zero-order valence-corrected chi connectivity index (χ0v) is 17.7. The van der Waals surface area contributed by atoms with Crippen LogP contribution in [0, 0.1) is 6.92 Å². The molecule has 0 saturated carbocycles. The molecule has 1 heterocycles. The highest BCUT2D eigenvalue weighted by atomic mass is 79.9. The zero-order valence-electron chi connectivity index (χ0n) is 16.1. The van der Waals surface area contributed by atoms with Crippen LogP contribution in [0.25, 0.3) is 5.70 Å². The second kappa shape index (κ2) is 11.3. The van der Waals surface area contributed by atoms with Gasteiger partial charge in [-0.05, 0) is 47.5 Å². The number of likely N-dealkylation sites (N-methyl/N-ethyl adjacent to an activating group) is 1. The number of halogens is 1. The first-order valence-corrected chi connectivity index (χ1v) is 9.24. The van der Waals surface area contributed by atoms with Crippen molar-refractivity contribution in [3.63, 3.8) is 0 Å². The maximum absolute atomic E-state index is 10.6. The van der Waals surface area contributed by atoms with Crippen molar-refractivity contribution in [3.05, 3.63) is 45.8 Å². The topological polar surface area (TPSA) is 110 Å². The van der Waals surface area contributed by atoms with Crippen molar-refractivity contribution in [1.29, 1.82) is 0 Å². The molecule has 1 aromatic rings. The number of pyridine rings is 1. The molecule has 0 radical (unpaired) electrons. The molecule has 0 spiro atoms. The van der Waals surface area contributed by atoms with Crippen LogP contribution in [0.1, 0.15) is 24.7 Å². The highest BCUT2D eigenvalue weighted by Gasteiger charge is 2.13. The molecule has 9 heteroatoms. The molecular formula is C18H27BrN6O2. The van der Waals surface area contributed by atoms with E-state index in [9.17, 15) is 4.79 Å². The average molecular weight is 439 g/mol. The fourth-order valence-corrected chi connectivity index (χ4v) is 2.35. The van der Waals surface area contributed by atoms with Crippen LogP contribution in [-0.4, -0.2) is 54.4 Å². The van der Waals surface area contributed by atoms with E-state index in [2.05, 4.69) is 26.0 Å². The molecule has 0 aliphatic carbocycles. The Hall–Kier alpha value is -2.39. The Morgan fingerprint density at radius 1 is 1.41 bits per heavy atom. The van der Waals surface area contributed by atoms with Crippen LogP contribution in [0.15, 0.2) is 39.6 Å². The smallest absolute Gasteiger partial charge is 0.231 e. The van der Waals surface area contributed by atoms with Crippen LogP contribution < -0.4 is 11.6 Å². The maximum atomic E-state index is 10.6. The number of rotatable bonds is 9. The van der Waals surface area contributed by atoms with Gasteiger partial charge in [-0.25, -0.2) is 5.84 Å². The number of hydrogen-bond acceptors (Lipinski definition) is 8. The van der Waals surface area contributed by atoms with Gasteiger partial charge in [-0.15, -0.1) is 5.10 Å². The van der Waals surface area contributed by atoms with Gasteiger partial charge in [0.05, 0.1) is 22.8 Å². The lowest BCUT2D eigenvalue weighted by Gasteiger charge is -2.21. The van der Waals surface area contributed by atoms with Crippen molar-refractivity contribution in [2.45, 2.75) is 20.3 Å². The minimum atomic E-state index is 0.0671. The number of hydrazone groups is 1. The second-order valence-electron chi connectivity index (χ2n) is 5.84. The van der Waals surface area contributed by atoms with Crippen molar-refractivity contribution < 1.29 is 9.53 Å². The number of aromatic nitrogens is 1. The van der Waals surface area contributed by atoms with Gasteiger partial charge in [-0.1, -0.05) is 6.92 Å². The third-order valence-electron chi connectivity index (χ3n) is 3.52. The molecule has 0 aromatic carbocycles. The van der Waals surface area contributed by atoms with Gasteiger partial charge < -0.3 is 15.5 Å². The van der Waals surface area contributed by atoms with Gasteiger partial charge in [0.2, 0.25) is 5.90 Å². The third-order valence-corrected chi connectivity index (χ3v) is 4.36. The zero-order chi connectivity index (χ0) is 20.4. The molecular weight excluding hydrogens is 412 g/mol. The molecule has 0 aliphatic rings. The van der Waals surface area contributed by atoms with E-state index in [1.54, 1.807) is 18.1 Å². The quantitative estimate of drug-likeness (QED) is 0.151. The molecule has 0 atom stereocenters. The van der Waals surface area contributed by atoms with E-state index in [0.717, 1.165) is 23.1 Å². The fourth-order valence-electron chi connectivity index (χ4n) is 2.13. The van der Waals surface area contributed by atoms with Crippen LogP contribution in [0.3, 0.4) is 0 Å². The van der Waals surface area contributed by atoms with Gasteiger partial charge in [-0.3, -0.25) is 14.8 Å². The number of hydrogen-bond donors (Lipinski definition) is 2. The van der Waals surface area contributed by atoms with Crippen molar-refractivity contribution in [2.75, 3.05) is 27.2 Å². The highest BCUT2D eigenvalue weighted by Crippen LogP contribution is 2.19. The predicted octanol–water partition coefficient (Wildman–Crippen LogP) is 2.01. The van der Waals surface area contributed by atoms with E-state index in [-0.39, 0.29) is 12.5 Å². The van der Waals surface area contributed by atoms with Gasteiger partial charge >= 0.3 is 0 Å². The fraction of sp³-hybridized carbons (Fsp3) is 0.389. The van der Waals surface area contributed by atoms with Crippen LogP contribution in [0.4, 0.5) is 0 Å². The predicted molar refractivity (Wildman–Crippen MR) is 111 cm³/mol. The Bertz CT molecular complexity index is 731. The Kier molecular flexibility index (Phi) is 9.52. The van der Waals surface area contributed by atoms with Gasteiger partial charge in [-0.2, -0.15) is 0 Å². The SMILES string of the molecule is CCCN(C)/N=C(\C=C/C=O)OC/C(=C(/N)c1ccc(Br)c(C)n1)N(C)N. The number of carbonyl (C=O) groups is 1. The number of ether oxygens (including phenoxy) is 1. The standard InChI is InChI=1S/C18H27BrN6O2/c1-5-10-24(3)23-17(7-6-11-26)27-12-16(25(4)21)18(20)15-9-8-14(19)13(2)22-15/h6-9,11H,5,10,12,20-21H2,1-4H3/b7-6-,18-16-,23-17+. The monoisotopic (exact) mass is 438 g/mol. The molecule has 148 valence electrons. The molecule has 0 aliphatic heterocycles. The summed E-state index contributed by atoms with van der Waals surface area (Å²) in [6, 6.07) is 3.67. The number of allylic oxidation sites excluding steroid dienone is 1. The Morgan fingerprint density at radius 3 is 2.67 bits per heavy atom. The Labute approximate surface area is 168 Å². The summed E-state index contributed by atoms with van der Waals surface area (Å²) in [5, 5.41) is 7.45. The van der Waals surface area contributed by atoms with Crippen LogP contribution in [-0.2, 0) is 9.53 Å². The van der Waals surface area contributed by atoms with E-state index < -0.39 is 0 Å². The second-order valence-corrected chi connectivity index (χ2v) is 6.69. The van der Waals surface area contributed by atoms with E-state index in [0.29, 0.717) is 23.4 Å². The van der Waals surface area contributed by atoms with Crippen LogP contribution >= 0.6 is 15.9 Å². The number of nitrogens with zero attached hydrogens (tertiary/aromatic N) is 4. The molecule has 0 fully saturated rings. The molecule has 0 amide bonds. The molecule has 4 N–H and O–H groups in total. The number of hydrazine groups is 1. The summed E-state index contributed by atoms with van der Waals surface area (Å²) in [5.74, 6) is 6.21. The van der Waals surface area contributed by atoms with Crippen LogP contribution in [0.5, 0.6) is 0 Å². The van der Waals surface area contributed by atoms with E-state index >= 15 is 0 Å². The molecule has 8 nitrogen and oxygen atoms in total. The van der Waals surface area contributed by atoms with E-state index in [4.69, 9.17) is 16.3 Å². The normalized spacial score (nSPS) is 12.7. The summed E-state index contributed by atoms with van der Waals surface area (Å²) in [6.45, 7) is 4.75. The van der Waals surface area contributed by atoms with Crippen molar-refractivity contribution in [2.24, 2.45) is 16.7 Å². The lowest BCUT2D eigenvalue weighted by Crippen LogP contribution is -2.31. The highest BCUT2D eigenvalue weighted by molar-refractivity contribution is 9.10. The van der Waals surface area contributed by atoms with E-state index in [1.165, 1.54) is 17.2 Å². The first-order valence-electron chi connectivity index (χ1n) is 8.45. The number of carbonyl (C=O) groups excluding carboxylic acids is 1. The first-order chi connectivity index (χ1) is 12.8. The Balaban J connectivity index is 3.10. The summed E-state index contributed by atoms with van der Waals surface area (Å²) in [7, 11) is 3.49. The molecule has 1 rings (SSSR count). The summed E-state index contributed by atoms with van der Waals surface area (Å²) < 4.78 is 6.64. The minimum Gasteiger partial charge on any atom is -0.470 e. The molecule has 1 aromatic heterocycles. The number of aldehydes is 1. The van der Waals surface area contributed by atoms with Gasteiger partial charge in [0, 0.05) is 31.2 Å². The summed E-state index contributed by atoms with van der Waals surface area (Å²) in [5.41, 5.74) is 8.61. The number of nitrogens with two attached hydrogens (primary N) is 2.